The molecule has 8 N–H and O–H groups in total. The molecule has 36 nitrogen and oxygen atoms in total. The van der Waals surface area contributed by atoms with Crippen molar-refractivity contribution in [1.29, 1.82) is 0 Å². The number of esters is 4. The molecule has 8 aromatic rings. The second kappa shape index (κ2) is 54.6. The number of ether oxygens (including phenoxy) is 8. The number of benzene rings is 4. The number of rotatable bonds is 36. The molecule has 0 saturated carbocycles. The molecule has 4 saturated heterocycles. The molecule has 148 heavy (non-hydrogen) atoms. The summed E-state index contributed by atoms with van der Waals surface area (Å²) >= 11 is 21.4. The molecule has 0 radical (unpaired) electrons. The quantitative estimate of drug-likeness (QED) is 0.00782. The van der Waals surface area contributed by atoms with Crippen molar-refractivity contribution in [2.24, 2.45) is 20.0 Å². The van der Waals surface area contributed by atoms with E-state index >= 15 is 0 Å². The van der Waals surface area contributed by atoms with Gasteiger partial charge in [-0.15, -0.1) is 45.3 Å². The number of hydrogen-bond acceptors (Lipinski definition) is 36. The van der Waals surface area contributed by atoms with Gasteiger partial charge >= 0.3 is 47.8 Å². The van der Waals surface area contributed by atoms with Crippen LogP contribution in [0.3, 0.4) is 0 Å². The van der Waals surface area contributed by atoms with E-state index in [2.05, 4.69) is 109 Å². The lowest BCUT2D eigenvalue weighted by atomic mass is 9.94. The molecule has 0 amide bonds. The van der Waals surface area contributed by atoms with E-state index in [1.165, 1.54) is 63.5 Å². The molecule has 8 aliphatic rings. The summed E-state index contributed by atoms with van der Waals surface area (Å²) < 4.78 is 130. The molecule has 4 fully saturated rings. The summed E-state index contributed by atoms with van der Waals surface area (Å²) in [5.41, 5.74) is 4.33. The number of halogens is 10. The number of nitrogens with one attached hydrogen (secondary N) is 4. The minimum absolute atomic E-state index is 0.0133. The fraction of sp³-hybridized carbons (Fsp3) is 0.429. The van der Waals surface area contributed by atoms with Crippen LogP contribution in [0.25, 0.3) is 0 Å². The number of aromatic nitrogens is 4. The number of carboxylic acids is 4. The van der Waals surface area contributed by atoms with Crippen molar-refractivity contribution in [2.75, 3.05) is 118 Å². The molecule has 0 spiro atoms. The SMILES string of the molecule is CCOC(=O)C1=C(CN2CCOC[C@H]2CCC(=O)O)NC(c2nccs2)=N[C@H]1c1ccc(F)c(F)c1Br.CCOC(=O)C1=C(CN2CCO[C@H](C)[C@H]2CCC(=O)O)NC(c2nccs2)=N[C@H]1c1ccc(F)c(F)c1Br.CCOC(=O)C1=C(CN2CCO[C@H](C)[C@H]2CCC(=O)O)NC(c2nccs2)=N[C@H]1c1ccccc1Cl.CCOC(=O)C1=C(CN2CCO[C@H](CCC(=O)O)C2)NC(c2nccs2)=N[C@H]1c1ccc(F)c(F)c1Br. The van der Waals surface area contributed by atoms with Crippen LogP contribution in [0.2, 0.25) is 5.02 Å². The number of aliphatic imine (C=N–C) groups is 4. The van der Waals surface area contributed by atoms with Crippen molar-refractivity contribution in [3.8, 4) is 0 Å². The Kier molecular flexibility index (Phi) is 42.1. The number of morpholine rings is 4. The number of thiazole rings is 4. The first-order valence-electron chi connectivity index (χ1n) is 47.2. The van der Waals surface area contributed by atoms with Crippen LogP contribution in [0, 0.1) is 34.9 Å². The Balaban J connectivity index is 0.000000165. The van der Waals surface area contributed by atoms with Crippen molar-refractivity contribution < 1.29 is 123 Å². The zero-order valence-corrected chi connectivity index (χ0v) is 89.4. The van der Waals surface area contributed by atoms with E-state index in [4.69, 9.17) is 69.7 Å². The minimum Gasteiger partial charge on any atom is -0.481 e. The number of aliphatic carboxylic acids is 4. The Bertz CT molecular complexity index is 6360. The Morgan fingerprint density at radius 3 is 1.09 bits per heavy atom. The number of amidine groups is 4. The molecule has 50 heteroatoms. The highest BCUT2D eigenvalue weighted by Crippen LogP contribution is 2.45. The van der Waals surface area contributed by atoms with E-state index in [9.17, 15) is 74.9 Å². The van der Waals surface area contributed by atoms with Crippen LogP contribution < -0.4 is 21.3 Å². The largest absolute Gasteiger partial charge is 0.481 e. The zero-order chi connectivity index (χ0) is 106. The molecule has 8 aliphatic heterocycles. The van der Waals surface area contributed by atoms with Gasteiger partial charge < -0.3 is 79.6 Å². The summed E-state index contributed by atoms with van der Waals surface area (Å²) in [7, 11) is 0. The lowest BCUT2D eigenvalue weighted by Gasteiger charge is -2.41. The highest BCUT2D eigenvalue weighted by atomic mass is 79.9. The highest BCUT2D eigenvalue weighted by molar-refractivity contribution is 9.11. The number of nitrogens with zero attached hydrogens (tertiary/aromatic N) is 12. The summed E-state index contributed by atoms with van der Waals surface area (Å²) in [5.74, 6) is -10.7. The van der Waals surface area contributed by atoms with Crippen molar-refractivity contribution in [3.63, 3.8) is 0 Å². The second-order valence-corrected chi connectivity index (χ2v) is 40.4. The molecule has 10 atom stereocenters. The van der Waals surface area contributed by atoms with Gasteiger partial charge in [0, 0.05) is 182 Å². The lowest BCUT2D eigenvalue weighted by Crippen LogP contribution is -2.52. The van der Waals surface area contributed by atoms with E-state index in [-0.39, 0.29) is 155 Å². The maximum Gasteiger partial charge on any atom is 0.338 e. The van der Waals surface area contributed by atoms with E-state index in [1.807, 2.05) is 47.2 Å². The molecular formula is C98H106Br3ClF6N16O20S4. The van der Waals surface area contributed by atoms with E-state index in [0.29, 0.717) is 180 Å². The number of hydrogen-bond donors (Lipinski definition) is 8. The van der Waals surface area contributed by atoms with Gasteiger partial charge in [0.25, 0.3) is 0 Å². The fourth-order valence-corrected chi connectivity index (χ4v) is 21.8. The number of carbonyl (C=O) groups is 8. The van der Waals surface area contributed by atoms with Gasteiger partial charge in [-0.2, -0.15) is 0 Å². The zero-order valence-electron chi connectivity index (χ0n) is 80.7. The van der Waals surface area contributed by atoms with Crippen molar-refractivity contribution in [2.45, 2.75) is 154 Å². The Morgan fingerprint density at radius 2 is 0.743 bits per heavy atom. The predicted molar refractivity (Wildman–Crippen MR) is 548 cm³/mol. The molecule has 0 bridgehead atoms. The topological polar surface area (TPSA) is 453 Å². The maximum absolute atomic E-state index is 14.6. The third kappa shape index (κ3) is 29.2. The Morgan fingerprint density at radius 1 is 0.419 bits per heavy atom. The first kappa shape index (κ1) is 114. The van der Waals surface area contributed by atoms with Crippen LogP contribution in [-0.2, 0) is 76.3 Å². The molecule has 0 unspecified atom stereocenters. The van der Waals surface area contributed by atoms with E-state index in [1.54, 1.807) is 74.7 Å². The molecule has 4 aromatic heterocycles. The molecular weight excluding hydrogens is 2240 g/mol. The minimum atomic E-state index is -1.09. The van der Waals surface area contributed by atoms with Crippen molar-refractivity contribution in [1.82, 2.24) is 60.8 Å². The van der Waals surface area contributed by atoms with E-state index < -0.39 is 107 Å². The van der Waals surface area contributed by atoms with Crippen LogP contribution in [0.4, 0.5) is 26.3 Å². The summed E-state index contributed by atoms with van der Waals surface area (Å²) in [6.07, 6.45) is 7.33. The van der Waals surface area contributed by atoms with Gasteiger partial charge in [0.05, 0.1) is 113 Å². The average molecular weight is 2350 g/mol. The monoisotopic (exact) mass is 2340 g/mol. The maximum atomic E-state index is 14.6. The first-order valence-corrected chi connectivity index (χ1v) is 53.4. The van der Waals surface area contributed by atoms with E-state index in [0.717, 1.165) is 18.2 Å². The molecule has 4 aromatic carbocycles. The van der Waals surface area contributed by atoms with Gasteiger partial charge in [0.15, 0.2) is 78.3 Å². The van der Waals surface area contributed by atoms with Gasteiger partial charge in [0.1, 0.15) is 24.2 Å². The van der Waals surface area contributed by atoms with Crippen LogP contribution >= 0.6 is 105 Å². The third-order valence-corrected chi connectivity index (χ3v) is 30.4. The smallest absolute Gasteiger partial charge is 0.338 e. The second-order valence-electron chi connectivity index (χ2n) is 34.0. The van der Waals surface area contributed by atoms with Gasteiger partial charge in [-0.05, 0) is 156 Å². The van der Waals surface area contributed by atoms with Crippen LogP contribution in [-0.4, -0.2) is 286 Å². The third-order valence-electron chi connectivity index (χ3n) is 24.6. The van der Waals surface area contributed by atoms with Crippen molar-refractivity contribution in [3.05, 3.63) is 248 Å². The summed E-state index contributed by atoms with van der Waals surface area (Å²) in [6, 6.07) is 10.1. The number of carbonyl (C=O) groups excluding carboxylic acids is 4. The normalized spacial score (nSPS) is 21.4. The average Bonchev–Trinajstić information content (AvgIpc) is 1.20. The molecule has 12 heterocycles. The van der Waals surface area contributed by atoms with Crippen LogP contribution in [0.1, 0.15) is 159 Å². The predicted octanol–water partition coefficient (Wildman–Crippen LogP) is 15.0. The Labute approximate surface area is 892 Å². The fourth-order valence-electron chi connectivity index (χ4n) is 17.6. The first-order chi connectivity index (χ1) is 71.2. The Hall–Kier alpha value is -11.0. The lowest BCUT2D eigenvalue weighted by molar-refractivity contribution is -0.140. The highest BCUT2D eigenvalue weighted by Gasteiger charge is 2.44. The summed E-state index contributed by atoms with van der Waals surface area (Å²) in [5, 5.41) is 59.8. The van der Waals surface area contributed by atoms with Gasteiger partial charge in [-0.25, -0.2) is 65.5 Å². The molecule has 792 valence electrons. The van der Waals surface area contributed by atoms with Crippen LogP contribution in [0.5, 0.6) is 0 Å². The van der Waals surface area contributed by atoms with Crippen LogP contribution in [0.15, 0.2) is 185 Å². The molecule has 0 aliphatic carbocycles. The standard InChI is InChI=1S/C25H27BrF2N4O5S.C25H29ClN4O5S.2C24H25BrF2N4O5S/c1-3-36-25(35)19-16(12-32-9-10-37-13(2)17(32)6-7-18(33)34)30-23(24-29-8-11-38-24)31-22(19)14-4-5-15(27)21(28)20(14)26;1-3-34-25(33)21-18(14-30-11-12-35-15(2)19(30)8-9-20(31)32)28-23(24-27-10-13-36-24)29-22(21)16-6-4-5-7-17(16)26;1-2-36-24(34)18-16(11-31-8-9-35-12-13(31)3-6-17(32)33)29-22(23-28-7-10-37-23)30-21(18)14-4-5-15(26)20(27)19(14)25;1-2-35-24(34)18-16(12-31-8-9-36-13(11-31)3-6-17(32)33)29-22(23-28-7-10-37-23)30-21(18)14-4-5-15(26)20(27)19(14)25/h4-5,8,11,13,17,22H,3,6-7,9-10,12H2,1-2H3,(H,30,31)(H,33,34);4-7,10,13,15,19,22H,3,8-9,11-12,14H2,1-2H3,(H,28,29)(H,31,32);2*4-5,7,10,13,21H,2-3,6,8-9,11-12H2,1H3,(H,29,30)(H,32,33)/t13-,17-,22+;15-,19-,22+;2*13-,21+/m1111/s1. The molecule has 16 rings (SSSR count). The summed E-state index contributed by atoms with van der Waals surface area (Å²) in [4.78, 5) is 143. The summed E-state index contributed by atoms with van der Waals surface area (Å²) in [6.45, 7) is 16.9. The van der Waals surface area contributed by atoms with Crippen molar-refractivity contribution >= 4 is 176 Å². The van der Waals surface area contributed by atoms with Gasteiger partial charge in [-0.1, -0.05) is 48.0 Å². The van der Waals surface area contributed by atoms with Gasteiger partial charge in [-0.3, -0.25) is 58.7 Å². The van der Waals surface area contributed by atoms with Gasteiger partial charge in [0.2, 0.25) is 0 Å². The number of carboxylic acid groups (broad SMARTS) is 4.